The molecule has 0 radical (unpaired) electrons. The third-order valence-electron chi connectivity index (χ3n) is 3.17. The van der Waals surface area contributed by atoms with E-state index in [0.29, 0.717) is 18.1 Å². The summed E-state index contributed by atoms with van der Waals surface area (Å²) >= 11 is 0. The fraction of sp³-hybridized carbons (Fsp3) is 0.529. The van der Waals surface area contributed by atoms with Gasteiger partial charge in [-0.25, -0.2) is 0 Å². The van der Waals surface area contributed by atoms with Crippen molar-refractivity contribution in [3.63, 3.8) is 0 Å². The highest BCUT2D eigenvalue weighted by molar-refractivity contribution is 5.82. The van der Waals surface area contributed by atoms with Crippen LogP contribution in [0.2, 0.25) is 0 Å². The number of rotatable bonds is 6. The smallest absolute Gasteiger partial charge is 0.276 e. The Balaban J connectivity index is 2.41. The first kappa shape index (κ1) is 18.0. The minimum atomic E-state index is -0.386. The lowest BCUT2D eigenvalue weighted by Gasteiger charge is -2.13. The van der Waals surface area contributed by atoms with Crippen molar-refractivity contribution in [2.24, 2.45) is 5.92 Å². The molecule has 0 heterocycles. The van der Waals surface area contributed by atoms with Crippen LogP contribution in [0.15, 0.2) is 18.2 Å². The number of hydrogen-bond donors (Lipinski definition) is 2. The molecule has 1 aromatic carbocycles. The lowest BCUT2D eigenvalue weighted by molar-refractivity contribution is -0.130. The number of carbonyl (C=O) groups excluding carboxylic acids is 2. The van der Waals surface area contributed by atoms with Crippen molar-refractivity contribution < 1.29 is 14.3 Å². The fourth-order valence-corrected chi connectivity index (χ4v) is 2.13. The summed E-state index contributed by atoms with van der Waals surface area (Å²) < 4.78 is 5.43. The van der Waals surface area contributed by atoms with E-state index in [9.17, 15) is 9.59 Å². The van der Waals surface area contributed by atoms with Gasteiger partial charge < -0.3 is 4.74 Å². The Labute approximate surface area is 132 Å². The standard InChI is InChI=1S/C17H26N2O3/c1-11(2)8-16(20)18-19-17(21)10-22-14-6-7-15(12(3)4)13(5)9-14/h6-7,9,11-12H,8,10H2,1-5H3,(H,18,20)(H,19,21). The van der Waals surface area contributed by atoms with Crippen molar-refractivity contribution >= 4 is 11.8 Å². The molecule has 0 fully saturated rings. The Kier molecular flexibility index (Phi) is 6.89. The van der Waals surface area contributed by atoms with Crippen LogP contribution >= 0.6 is 0 Å². The third kappa shape index (κ3) is 6.16. The number of aryl methyl sites for hydroxylation is 1. The zero-order valence-corrected chi connectivity index (χ0v) is 14.0. The van der Waals surface area contributed by atoms with E-state index in [0.717, 1.165) is 5.56 Å². The van der Waals surface area contributed by atoms with Crippen LogP contribution in [0.5, 0.6) is 5.75 Å². The van der Waals surface area contributed by atoms with Gasteiger partial charge in [0.25, 0.3) is 5.91 Å². The molecule has 0 aliphatic carbocycles. The van der Waals surface area contributed by atoms with Crippen LogP contribution in [0.3, 0.4) is 0 Å². The fourth-order valence-electron chi connectivity index (χ4n) is 2.13. The number of benzene rings is 1. The maximum atomic E-state index is 11.6. The number of ether oxygens (including phenoxy) is 1. The van der Waals surface area contributed by atoms with Crippen LogP contribution in [0, 0.1) is 12.8 Å². The molecule has 5 heteroatoms. The van der Waals surface area contributed by atoms with Crippen LogP contribution in [0.25, 0.3) is 0 Å². The lowest BCUT2D eigenvalue weighted by atomic mass is 9.98. The van der Waals surface area contributed by atoms with Crippen molar-refractivity contribution in [3.8, 4) is 5.75 Å². The molecule has 0 aliphatic rings. The molecule has 0 spiro atoms. The Bertz CT molecular complexity index is 525. The largest absolute Gasteiger partial charge is 0.484 e. The molecule has 0 aromatic heterocycles. The molecule has 2 amide bonds. The molecule has 0 unspecified atom stereocenters. The van der Waals surface area contributed by atoms with Gasteiger partial charge in [-0.15, -0.1) is 0 Å². The first-order chi connectivity index (χ1) is 10.3. The van der Waals surface area contributed by atoms with Gasteiger partial charge in [0.2, 0.25) is 5.91 Å². The predicted molar refractivity (Wildman–Crippen MR) is 86.5 cm³/mol. The first-order valence-electron chi connectivity index (χ1n) is 7.60. The maximum Gasteiger partial charge on any atom is 0.276 e. The van der Waals surface area contributed by atoms with E-state index in [-0.39, 0.29) is 24.3 Å². The SMILES string of the molecule is Cc1cc(OCC(=O)NNC(=O)CC(C)C)ccc1C(C)C. The summed E-state index contributed by atoms with van der Waals surface area (Å²) in [4.78, 5) is 23.0. The first-order valence-corrected chi connectivity index (χ1v) is 7.60. The Morgan fingerprint density at radius 2 is 1.73 bits per heavy atom. The van der Waals surface area contributed by atoms with Crippen molar-refractivity contribution in [1.29, 1.82) is 0 Å². The van der Waals surface area contributed by atoms with Crippen molar-refractivity contribution in [1.82, 2.24) is 10.9 Å². The average Bonchev–Trinajstić information content (AvgIpc) is 2.41. The third-order valence-corrected chi connectivity index (χ3v) is 3.17. The van der Waals surface area contributed by atoms with Gasteiger partial charge in [0.1, 0.15) is 5.75 Å². The molecule has 122 valence electrons. The number of amides is 2. The molecular formula is C17H26N2O3. The average molecular weight is 306 g/mol. The minimum absolute atomic E-state index is 0.136. The quantitative estimate of drug-likeness (QED) is 0.794. The van der Waals surface area contributed by atoms with Gasteiger partial charge in [-0.2, -0.15) is 0 Å². The summed E-state index contributed by atoms with van der Waals surface area (Å²) in [5.41, 5.74) is 7.10. The van der Waals surface area contributed by atoms with E-state index in [2.05, 4.69) is 24.7 Å². The van der Waals surface area contributed by atoms with E-state index >= 15 is 0 Å². The summed E-state index contributed by atoms with van der Waals surface area (Å²) in [6.07, 6.45) is 0.372. The number of nitrogens with one attached hydrogen (secondary N) is 2. The normalized spacial score (nSPS) is 10.7. The number of hydrogen-bond acceptors (Lipinski definition) is 3. The molecule has 2 N–H and O–H groups in total. The highest BCUT2D eigenvalue weighted by Crippen LogP contribution is 2.23. The molecular weight excluding hydrogens is 280 g/mol. The van der Waals surface area contributed by atoms with Gasteiger partial charge in [0.05, 0.1) is 0 Å². The van der Waals surface area contributed by atoms with Gasteiger partial charge in [0, 0.05) is 6.42 Å². The van der Waals surface area contributed by atoms with E-state index in [1.165, 1.54) is 5.56 Å². The molecule has 0 aliphatic heterocycles. The Morgan fingerprint density at radius 1 is 1.09 bits per heavy atom. The van der Waals surface area contributed by atoms with Crippen LogP contribution in [0.1, 0.15) is 51.2 Å². The molecule has 22 heavy (non-hydrogen) atoms. The highest BCUT2D eigenvalue weighted by Gasteiger charge is 2.08. The zero-order chi connectivity index (χ0) is 16.7. The Morgan fingerprint density at radius 3 is 2.27 bits per heavy atom. The highest BCUT2D eigenvalue weighted by atomic mass is 16.5. The van der Waals surface area contributed by atoms with Gasteiger partial charge in [-0.3, -0.25) is 20.4 Å². The molecule has 0 saturated heterocycles. The Hall–Kier alpha value is -2.04. The molecule has 5 nitrogen and oxygen atoms in total. The summed E-state index contributed by atoms with van der Waals surface area (Å²) in [7, 11) is 0. The van der Waals surface area contributed by atoms with Crippen LogP contribution in [0.4, 0.5) is 0 Å². The predicted octanol–water partition coefficient (Wildman–Crippen LogP) is 2.69. The second-order valence-electron chi connectivity index (χ2n) is 6.16. The molecule has 0 bridgehead atoms. The van der Waals surface area contributed by atoms with Gasteiger partial charge in [-0.1, -0.05) is 33.8 Å². The van der Waals surface area contributed by atoms with Crippen LogP contribution in [-0.4, -0.2) is 18.4 Å². The topological polar surface area (TPSA) is 67.4 Å². The summed E-state index contributed by atoms with van der Waals surface area (Å²) in [6, 6.07) is 5.78. The zero-order valence-electron chi connectivity index (χ0n) is 14.0. The summed E-state index contributed by atoms with van der Waals surface area (Å²) in [5, 5.41) is 0. The van der Waals surface area contributed by atoms with E-state index in [4.69, 9.17) is 4.74 Å². The summed E-state index contributed by atoms with van der Waals surface area (Å²) in [5.74, 6) is 0.748. The lowest BCUT2D eigenvalue weighted by Crippen LogP contribution is -2.44. The van der Waals surface area contributed by atoms with Gasteiger partial charge in [-0.05, 0) is 42.0 Å². The monoisotopic (exact) mass is 306 g/mol. The van der Waals surface area contributed by atoms with Crippen molar-refractivity contribution in [2.75, 3.05) is 6.61 Å². The summed E-state index contributed by atoms with van der Waals surface area (Å²) in [6.45, 7) is 10.0. The number of carbonyl (C=O) groups is 2. The maximum absolute atomic E-state index is 11.6. The van der Waals surface area contributed by atoms with Gasteiger partial charge >= 0.3 is 0 Å². The van der Waals surface area contributed by atoms with Crippen LogP contribution < -0.4 is 15.6 Å². The minimum Gasteiger partial charge on any atom is -0.484 e. The van der Waals surface area contributed by atoms with E-state index < -0.39 is 0 Å². The molecule has 0 atom stereocenters. The van der Waals surface area contributed by atoms with E-state index in [1.807, 2.05) is 39.0 Å². The molecule has 1 aromatic rings. The second-order valence-corrected chi connectivity index (χ2v) is 6.16. The van der Waals surface area contributed by atoms with Crippen molar-refractivity contribution in [2.45, 2.75) is 47.0 Å². The number of hydrazine groups is 1. The van der Waals surface area contributed by atoms with Crippen LogP contribution in [-0.2, 0) is 9.59 Å². The second kappa shape index (κ2) is 8.41. The van der Waals surface area contributed by atoms with Gasteiger partial charge in [0.15, 0.2) is 6.61 Å². The molecule has 1 rings (SSSR count). The van der Waals surface area contributed by atoms with Crippen molar-refractivity contribution in [3.05, 3.63) is 29.3 Å². The molecule has 0 saturated carbocycles. The van der Waals surface area contributed by atoms with E-state index in [1.54, 1.807) is 0 Å².